The van der Waals surface area contributed by atoms with Crippen molar-refractivity contribution in [1.29, 1.82) is 0 Å². The molecule has 0 aliphatic carbocycles. The van der Waals surface area contributed by atoms with Crippen molar-refractivity contribution in [3.8, 4) is 5.69 Å². The summed E-state index contributed by atoms with van der Waals surface area (Å²) in [5.74, 6) is 0.452. The zero-order chi connectivity index (χ0) is 18.1. The minimum absolute atomic E-state index is 0.122. The first kappa shape index (κ1) is 16.5. The number of benzene rings is 2. The molecular weight excluding hydrogens is 342 g/mol. The average Bonchev–Trinajstić information content (AvgIpc) is 3.25. The predicted octanol–water partition coefficient (Wildman–Crippen LogP) is 5.21. The van der Waals surface area contributed by atoms with Gasteiger partial charge in [-0.1, -0.05) is 37.3 Å². The van der Waals surface area contributed by atoms with E-state index in [4.69, 9.17) is 0 Å². The van der Waals surface area contributed by atoms with E-state index in [2.05, 4.69) is 36.4 Å². The van der Waals surface area contributed by atoms with Gasteiger partial charge in [-0.25, -0.2) is 4.68 Å². The molecule has 1 N–H and O–H groups in total. The molecule has 4 aromatic rings. The van der Waals surface area contributed by atoms with Crippen LogP contribution in [0.5, 0.6) is 0 Å². The highest BCUT2D eigenvalue weighted by atomic mass is 32.1. The Kier molecular flexibility index (Phi) is 4.31. The lowest BCUT2D eigenvalue weighted by Gasteiger charge is -2.06. The summed E-state index contributed by atoms with van der Waals surface area (Å²) in [4.78, 5) is 13.3. The molecule has 0 unspecified atom stereocenters. The Hall–Kier alpha value is -2.92. The number of carbonyl (C=O) groups is 1. The van der Waals surface area contributed by atoms with E-state index < -0.39 is 0 Å². The highest BCUT2D eigenvalue weighted by Gasteiger charge is 2.14. The lowest BCUT2D eigenvalue weighted by Crippen LogP contribution is -2.11. The molecule has 4 rings (SSSR count). The van der Waals surface area contributed by atoms with Crippen LogP contribution in [-0.4, -0.2) is 15.7 Å². The molecule has 0 aliphatic heterocycles. The second-order valence-corrected chi connectivity index (χ2v) is 7.31. The zero-order valence-corrected chi connectivity index (χ0v) is 15.5. The van der Waals surface area contributed by atoms with Crippen LogP contribution in [0.15, 0.2) is 60.7 Å². The van der Waals surface area contributed by atoms with Gasteiger partial charge in [0.15, 0.2) is 5.82 Å². The maximum absolute atomic E-state index is 12.6. The Balaban J connectivity index is 1.63. The first-order valence-electron chi connectivity index (χ1n) is 8.60. The molecule has 1 amide bonds. The first-order chi connectivity index (χ1) is 12.6. The molecule has 0 saturated carbocycles. The predicted molar refractivity (Wildman–Crippen MR) is 107 cm³/mol. The van der Waals surface area contributed by atoms with Gasteiger partial charge in [-0.05, 0) is 48.6 Å². The molecule has 0 radical (unpaired) electrons. The SMILES string of the molecule is CCc1cc(NC(=O)c2cc3ccccc3s2)nn1-c1cccc(C)c1. The molecule has 0 atom stereocenters. The van der Waals surface area contributed by atoms with Crippen LogP contribution in [0.3, 0.4) is 0 Å². The maximum Gasteiger partial charge on any atom is 0.266 e. The number of nitrogens with zero attached hydrogens (tertiary/aromatic N) is 2. The minimum Gasteiger partial charge on any atom is -0.304 e. The van der Waals surface area contributed by atoms with Gasteiger partial charge in [0.25, 0.3) is 5.91 Å². The van der Waals surface area contributed by atoms with Crippen LogP contribution < -0.4 is 5.32 Å². The van der Waals surface area contributed by atoms with Crippen molar-refractivity contribution in [3.63, 3.8) is 0 Å². The van der Waals surface area contributed by atoms with E-state index in [0.717, 1.165) is 27.9 Å². The third-order valence-corrected chi connectivity index (χ3v) is 5.40. The van der Waals surface area contributed by atoms with E-state index >= 15 is 0 Å². The summed E-state index contributed by atoms with van der Waals surface area (Å²) in [5, 5.41) is 8.62. The van der Waals surface area contributed by atoms with Crippen LogP contribution in [0.2, 0.25) is 0 Å². The molecule has 130 valence electrons. The van der Waals surface area contributed by atoms with Crippen LogP contribution in [-0.2, 0) is 6.42 Å². The summed E-state index contributed by atoms with van der Waals surface area (Å²) >= 11 is 1.49. The molecule has 2 aromatic heterocycles. The zero-order valence-electron chi connectivity index (χ0n) is 14.7. The summed E-state index contributed by atoms with van der Waals surface area (Å²) in [6.45, 7) is 4.14. The summed E-state index contributed by atoms with van der Waals surface area (Å²) < 4.78 is 3.00. The molecule has 4 nitrogen and oxygen atoms in total. The number of anilines is 1. The fourth-order valence-corrected chi connectivity index (χ4v) is 3.95. The van der Waals surface area contributed by atoms with Crippen molar-refractivity contribution in [3.05, 3.63) is 76.8 Å². The van der Waals surface area contributed by atoms with Crippen molar-refractivity contribution in [2.45, 2.75) is 20.3 Å². The van der Waals surface area contributed by atoms with Crippen LogP contribution in [0.25, 0.3) is 15.8 Å². The lowest BCUT2D eigenvalue weighted by molar-refractivity contribution is 0.103. The molecule has 5 heteroatoms. The number of rotatable bonds is 4. The summed E-state index contributed by atoms with van der Waals surface area (Å²) in [6.07, 6.45) is 0.833. The third kappa shape index (κ3) is 3.13. The second-order valence-electron chi connectivity index (χ2n) is 6.23. The number of aromatic nitrogens is 2. The molecule has 0 bridgehead atoms. The van der Waals surface area contributed by atoms with Gasteiger partial charge in [0.2, 0.25) is 0 Å². The smallest absolute Gasteiger partial charge is 0.266 e. The third-order valence-electron chi connectivity index (χ3n) is 4.28. The molecule has 26 heavy (non-hydrogen) atoms. The fraction of sp³-hybridized carbons (Fsp3) is 0.143. The van der Waals surface area contributed by atoms with Gasteiger partial charge in [0, 0.05) is 16.5 Å². The van der Waals surface area contributed by atoms with Gasteiger partial charge in [-0.15, -0.1) is 16.4 Å². The quantitative estimate of drug-likeness (QED) is 0.542. The maximum atomic E-state index is 12.6. The molecular formula is C21H19N3OS. The average molecular weight is 361 g/mol. The molecule has 0 aliphatic rings. The lowest BCUT2D eigenvalue weighted by atomic mass is 10.2. The van der Waals surface area contributed by atoms with Gasteiger partial charge in [-0.3, -0.25) is 4.79 Å². The van der Waals surface area contributed by atoms with E-state index in [1.807, 2.05) is 53.2 Å². The van der Waals surface area contributed by atoms with Crippen LogP contribution in [0.1, 0.15) is 27.9 Å². The number of carbonyl (C=O) groups excluding carboxylic acids is 1. The fourth-order valence-electron chi connectivity index (χ4n) is 2.99. The van der Waals surface area contributed by atoms with Crippen LogP contribution in [0.4, 0.5) is 5.82 Å². The van der Waals surface area contributed by atoms with E-state index in [1.54, 1.807) is 0 Å². The monoisotopic (exact) mass is 361 g/mol. The number of aryl methyl sites for hydroxylation is 2. The van der Waals surface area contributed by atoms with Crippen molar-refractivity contribution in [2.24, 2.45) is 0 Å². The Morgan fingerprint density at radius 2 is 1.96 bits per heavy atom. The minimum atomic E-state index is -0.122. The van der Waals surface area contributed by atoms with Gasteiger partial charge in [-0.2, -0.15) is 0 Å². The standard InChI is InChI=1S/C21H19N3OS/c1-3-16-13-20(23-24(16)17-9-6-7-14(2)11-17)22-21(25)19-12-15-8-4-5-10-18(15)26-19/h4-13H,3H2,1-2H3,(H,22,23,25). The normalized spacial score (nSPS) is 11.0. The molecule has 2 heterocycles. The summed E-state index contributed by atoms with van der Waals surface area (Å²) in [7, 11) is 0. The first-order valence-corrected chi connectivity index (χ1v) is 9.41. The molecule has 0 spiro atoms. The Labute approximate surface area is 156 Å². The van der Waals surface area contributed by atoms with Gasteiger partial charge >= 0.3 is 0 Å². The van der Waals surface area contributed by atoms with E-state index in [0.29, 0.717) is 10.7 Å². The molecule has 0 saturated heterocycles. The van der Waals surface area contributed by atoms with Crippen molar-refractivity contribution < 1.29 is 4.79 Å². The summed E-state index contributed by atoms with van der Waals surface area (Å²) in [5.41, 5.74) is 3.24. The second kappa shape index (κ2) is 6.77. The van der Waals surface area contributed by atoms with E-state index in [-0.39, 0.29) is 5.91 Å². The van der Waals surface area contributed by atoms with Crippen molar-refractivity contribution in [2.75, 3.05) is 5.32 Å². The summed E-state index contributed by atoms with van der Waals surface area (Å²) in [6, 6.07) is 20.1. The Morgan fingerprint density at radius 3 is 2.73 bits per heavy atom. The Morgan fingerprint density at radius 1 is 1.12 bits per heavy atom. The van der Waals surface area contributed by atoms with Gasteiger partial charge in [0.05, 0.1) is 10.6 Å². The number of thiophene rings is 1. The molecule has 0 fully saturated rings. The van der Waals surface area contributed by atoms with Crippen LogP contribution >= 0.6 is 11.3 Å². The van der Waals surface area contributed by atoms with E-state index in [1.165, 1.54) is 16.9 Å². The number of nitrogens with one attached hydrogen (secondary N) is 1. The van der Waals surface area contributed by atoms with Crippen molar-refractivity contribution >= 4 is 33.1 Å². The number of hydrogen-bond donors (Lipinski definition) is 1. The number of amides is 1. The number of hydrogen-bond acceptors (Lipinski definition) is 3. The van der Waals surface area contributed by atoms with Crippen LogP contribution in [0, 0.1) is 6.92 Å². The topological polar surface area (TPSA) is 46.9 Å². The van der Waals surface area contributed by atoms with Crippen molar-refractivity contribution in [1.82, 2.24) is 9.78 Å². The van der Waals surface area contributed by atoms with Gasteiger partial charge < -0.3 is 5.32 Å². The molecule has 2 aromatic carbocycles. The van der Waals surface area contributed by atoms with Gasteiger partial charge in [0.1, 0.15) is 0 Å². The van der Waals surface area contributed by atoms with E-state index in [9.17, 15) is 4.79 Å². The largest absolute Gasteiger partial charge is 0.304 e. The highest BCUT2D eigenvalue weighted by molar-refractivity contribution is 7.20. The number of fused-ring (bicyclic) bond motifs is 1. The Bertz CT molecular complexity index is 1060. The highest BCUT2D eigenvalue weighted by Crippen LogP contribution is 2.26.